The predicted molar refractivity (Wildman–Crippen MR) is 61.6 cm³/mol. The third kappa shape index (κ3) is 1.42. The summed E-state index contributed by atoms with van der Waals surface area (Å²) in [7, 11) is 1.94. The van der Waals surface area contributed by atoms with Crippen molar-refractivity contribution in [3.05, 3.63) is 35.5 Å². The normalized spacial score (nSPS) is 11.1. The molecular formula is C10H9BrN5+. The van der Waals surface area contributed by atoms with Gasteiger partial charge in [0.1, 0.15) is 0 Å². The van der Waals surface area contributed by atoms with Crippen molar-refractivity contribution in [2.24, 2.45) is 7.05 Å². The first-order chi connectivity index (χ1) is 7.74. The molecule has 0 bridgehead atoms. The highest BCUT2D eigenvalue weighted by atomic mass is 79.9. The number of H-pyrrole nitrogens is 1. The van der Waals surface area contributed by atoms with Gasteiger partial charge >= 0.3 is 0 Å². The Labute approximate surface area is 99.9 Å². The van der Waals surface area contributed by atoms with Crippen molar-refractivity contribution < 1.29 is 4.68 Å². The van der Waals surface area contributed by atoms with Gasteiger partial charge in [0, 0.05) is 18.0 Å². The number of rotatable bonds is 1. The number of nitrogens with one attached hydrogen (secondary N) is 1. The Morgan fingerprint density at radius 2 is 2.25 bits per heavy atom. The zero-order valence-corrected chi connectivity index (χ0v) is 10.1. The fraction of sp³-hybridized carbons (Fsp3) is 0.100. The van der Waals surface area contributed by atoms with Crippen LogP contribution in [-0.2, 0) is 7.05 Å². The van der Waals surface area contributed by atoms with Crippen molar-refractivity contribution >= 4 is 21.6 Å². The van der Waals surface area contributed by atoms with E-state index in [9.17, 15) is 0 Å². The Balaban J connectivity index is 2.18. The summed E-state index contributed by atoms with van der Waals surface area (Å²) < 4.78 is 4.55. The lowest BCUT2D eigenvalue weighted by molar-refractivity contribution is -0.726. The Hall–Kier alpha value is -1.69. The third-order valence-electron chi connectivity index (χ3n) is 2.40. The molecule has 3 rings (SSSR count). The standard InChI is InChI=1S/C10H8BrN5/c1-15-5-8(3-13-15)7-2-12-10-9(11)4-14-16(10)6-7/h2-6H,1H3/p+1. The minimum absolute atomic E-state index is 0.823. The number of aromatic amines is 1. The van der Waals surface area contributed by atoms with E-state index in [0.717, 1.165) is 21.2 Å². The van der Waals surface area contributed by atoms with E-state index >= 15 is 0 Å². The van der Waals surface area contributed by atoms with Crippen LogP contribution in [-0.4, -0.2) is 19.7 Å². The topological polar surface area (TPSA) is 49.9 Å². The fourth-order valence-electron chi connectivity index (χ4n) is 1.61. The van der Waals surface area contributed by atoms with Crippen LogP contribution in [0.25, 0.3) is 16.8 Å². The first-order valence-electron chi connectivity index (χ1n) is 4.77. The average Bonchev–Trinajstić information content (AvgIpc) is 2.86. The molecule has 5 nitrogen and oxygen atoms in total. The van der Waals surface area contributed by atoms with Gasteiger partial charge in [-0.1, -0.05) is 0 Å². The molecule has 16 heavy (non-hydrogen) atoms. The molecule has 80 valence electrons. The van der Waals surface area contributed by atoms with Gasteiger partial charge in [-0.05, 0) is 15.9 Å². The second-order valence-corrected chi connectivity index (χ2v) is 4.43. The van der Waals surface area contributed by atoms with Crippen LogP contribution in [0.5, 0.6) is 0 Å². The van der Waals surface area contributed by atoms with Crippen molar-refractivity contribution in [1.82, 2.24) is 19.7 Å². The number of hydrogen-bond donors (Lipinski definition) is 1. The number of hydrogen-bond acceptors (Lipinski definition) is 2. The van der Waals surface area contributed by atoms with Gasteiger partial charge in [-0.25, -0.2) is 9.50 Å². The van der Waals surface area contributed by atoms with Crippen LogP contribution in [0.4, 0.5) is 0 Å². The zero-order valence-electron chi connectivity index (χ0n) is 8.55. The minimum atomic E-state index is 0.823. The summed E-state index contributed by atoms with van der Waals surface area (Å²) in [6, 6.07) is 0. The lowest BCUT2D eigenvalue weighted by Crippen LogP contribution is -2.27. The Bertz CT molecular complexity index is 654. The largest absolute Gasteiger partial charge is 0.235 e. The highest BCUT2D eigenvalue weighted by Crippen LogP contribution is 2.19. The van der Waals surface area contributed by atoms with Crippen molar-refractivity contribution in [1.29, 1.82) is 0 Å². The molecule has 0 aliphatic carbocycles. The van der Waals surface area contributed by atoms with E-state index in [0.29, 0.717) is 0 Å². The molecule has 0 unspecified atom stereocenters. The molecule has 0 aliphatic heterocycles. The molecule has 0 saturated heterocycles. The monoisotopic (exact) mass is 278 g/mol. The van der Waals surface area contributed by atoms with E-state index in [1.54, 1.807) is 10.7 Å². The lowest BCUT2D eigenvalue weighted by Gasteiger charge is -1.96. The summed E-state index contributed by atoms with van der Waals surface area (Å²) in [6.45, 7) is 0. The fourth-order valence-corrected chi connectivity index (χ4v) is 1.98. The third-order valence-corrected chi connectivity index (χ3v) is 2.96. The molecule has 0 fully saturated rings. The predicted octanol–water partition coefficient (Wildman–Crippen LogP) is 1.31. The van der Waals surface area contributed by atoms with Crippen molar-refractivity contribution in [2.75, 3.05) is 0 Å². The summed E-state index contributed by atoms with van der Waals surface area (Å²) in [6.07, 6.45) is 9.47. The smallest absolute Gasteiger partial charge is 0.203 e. The van der Waals surface area contributed by atoms with Crippen LogP contribution in [0.2, 0.25) is 0 Å². The van der Waals surface area contributed by atoms with E-state index in [-0.39, 0.29) is 0 Å². The maximum absolute atomic E-state index is 4.36. The second kappa shape index (κ2) is 3.41. The summed E-state index contributed by atoms with van der Waals surface area (Å²) in [4.78, 5) is 4.36. The molecular weight excluding hydrogens is 270 g/mol. The highest BCUT2D eigenvalue weighted by molar-refractivity contribution is 9.10. The van der Waals surface area contributed by atoms with Crippen LogP contribution in [0, 0.1) is 0 Å². The van der Waals surface area contributed by atoms with Gasteiger partial charge < -0.3 is 0 Å². The molecule has 0 radical (unpaired) electrons. The molecule has 0 atom stereocenters. The van der Waals surface area contributed by atoms with Crippen molar-refractivity contribution in [2.45, 2.75) is 0 Å². The molecule has 3 aromatic rings. The number of aryl methyl sites for hydroxylation is 1. The Morgan fingerprint density at radius 3 is 3.00 bits per heavy atom. The van der Waals surface area contributed by atoms with Crippen LogP contribution < -0.4 is 4.68 Å². The molecule has 6 heteroatoms. The molecule has 0 aromatic carbocycles. The molecule has 0 aliphatic rings. The van der Waals surface area contributed by atoms with Crippen LogP contribution in [0.3, 0.4) is 0 Å². The number of halogens is 1. The summed E-state index contributed by atoms with van der Waals surface area (Å²) in [5.74, 6) is 0. The molecule has 3 aromatic heterocycles. The van der Waals surface area contributed by atoms with Crippen LogP contribution in [0.1, 0.15) is 0 Å². The molecule has 0 amide bonds. The second-order valence-electron chi connectivity index (χ2n) is 3.57. The summed E-state index contributed by atoms with van der Waals surface area (Å²) in [5, 5.41) is 7.27. The Morgan fingerprint density at radius 1 is 1.38 bits per heavy atom. The van der Waals surface area contributed by atoms with Gasteiger partial charge in [-0.15, -0.1) is 4.68 Å². The first kappa shape index (κ1) is 9.53. The van der Waals surface area contributed by atoms with Gasteiger partial charge in [0.15, 0.2) is 12.7 Å². The quantitative estimate of drug-likeness (QED) is 0.683. The van der Waals surface area contributed by atoms with Crippen LogP contribution in [0.15, 0.2) is 35.5 Å². The highest BCUT2D eigenvalue weighted by Gasteiger charge is 2.08. The van der Waals surface area contributed by atoms with Crippen molar-refractivity contribution in [3.8, 4) is 11.1 Å². The number of nitrogens with zero attached hydrogens (tertiary/aromatic N) is 4. The maximum atomic E-state index is 4.36. The zero-order chi connectivity index (χ0) is 11.1. The average molecular weight is 279 g/mol. The molecule has 1 N–H and O–H groups in total. The summed E-state index contributed by atoms with van der Waals surface area (Å²) >= 11 is 3.40. The Kier molecular flexibility index (Phi) is 2.03. The van der Waals surface area contributed by atoms with Gasteiger partial charge in [0.2, 0.25) is 6.20 Å². The minimum Gasteiger partial charge on any atom is -0.235 e. The van der Waals surface area contributed by atoms with E-state index < -0.39 is 0 Å². The van der Waals surface area contributed by atoms with Crippen LogP contribution >= 0.6 is 15.9 Å². The summed E-state index contributed by atoms with van der Waals surface area (Å²) in [5.41, 5.74) is 2.94. The number of fused-ring (bicyclic) bond motifs is 1. The number of aromatic nitrogens is 5. The van der Waals surface area contributed by atoms with Crippen molar-refractivity contribution in [3.63, 3.8) is 0 Å². The van der Waals surface area contributed by atoms with E-state index in [1.165, 1.54) is 0 Å². The van der Waals surface area contributed by atoms with Gasteiger partial charge in [0.05, 0.1) is 22.4 Å². The molecule has 0 spiro atoms. The van der Waals surface area contributed by atoms with Gasteiger partial charge in [-0.3, -0.25) is 0 Å². The molecule has 3 heterocycles. The van der Waals surface area contributed by atoms with E-state index in [2.05, 4.69) is 31.1 Å². The maximum Gasteiger partial charge on any atom is 0.203 e. The van der Waals surface area contributed by atoms with Gasteiger partial charge in [-0.2, -0.15) is 10.2 Å². The van der Waals surface area contributed by atoms with E-state index in [1.807, 2.05) is 36.5 Å². The SMILES string of the molecule is C[n+]1cc(-c2cnc3c(Br)cnn3c2)c[nH]1. The first-order valence-corrected chi connectivity index (χ1v) is 5.56. The van der Waals surface area contributed by atoms with Gasteiger partial charge in [0.25, 0.3) is 0 Å². The molecule has 0 saturated carbocycles. The lowest BCUT2D eigenvalue weighted by atomic mass is 10.2. The van der Waals surface area contributed by atoms with E-state index in [4.69, 9.17) is 0 Å².